The molecule has 0 amide bonds. The predicted molar refractivity (Wildman–Crippen MR) is 35.4 cm³/mol. The Morgan fingerprint density at radius 2 is 1.83 bits per heavy atom. The highest BCUT2D eigenvalue weighted by atomic mass is 31.2. The molecule has 1 aliphatic heterocycles. The van der Waals surface area contributed by atoms with E-state index in [1.165, 1.54) is 0 Å². The summed E-state index contributed by atoms with van der Waals surface area (Å²) in [4.78, 5) is 0. The second-order valence-corrected chi connectivity index (χ2v) is 3.35. The maximum absolute atomic E-state index is 11.6. The first-order valence-electron chi connectivity index (χ1n) is 3.33. The monoisotopic (exact) mass is 204 g/mol. The summed E-state index contributed by atoms with van der Waals surface area (Å²) < 4.78 is 48.7. The predicted octanol–water partition coefficient (Wildman–Crippen LogP) is 2.23. The lowest BCUT2D eigenvalue weighted by molar-refractivity contribution is -0.156. The van der Waals surface area contributed by atoms with Gasteiger partial charge in [-0.25, -0.2) is 0 Å². The number of hydrogen-bond donors (Lipinski definition) is 0. The molecular formula is C5H8F3O3P. The molecule has 0 aromatic heterocycles. The van der Waals surface area contributed by atoms with Crippen molar-refractivity contribution in [3.05, 3.63) is 0 Å². The third-order valence-electron chi connectivity index (χ3n) is 1.02. The fourth-order valence-electron chi connectivity index (χ4n) is 0.575. The van der Waals surface area contributed by atoms with Crippen LogP contribution in [-0.4, -0.2) is 26.0 Å². The Morgan fingerprint density at radius 3 is 2.33 bits per heavy atom. The molecule has 72 valence electrons. The minimum Gasteiger partial charge on any atom is -0.312 e. The standard InChI is InChI=1S/C5H8F3O3P/c6-5(7,8)4-11-12-9-2-1-3-10-12/h1-4H2. The molecule has 0 unspecified atom stereocenters. The molecule has 1 aliphatic rings. The van der Waals surface area contributed by atoms with Crippen LogP contribution in [0.1, 0.15) is 6.42 Å². The summed E-state index contributed by atoms with van der Waals surface area (Å²) in [6.07, 6.45) is -3.61. The zero-order chi connectivity index (χ0) is 9.03. The Balaban J connectivity index is 2.13. The maximum atomic E-state index is 11.6. The minimum atomic E-state index is -4.31. The molecule has 0 aromatic rings. The average Bonchev–Trinajstić information content (AvgIpc) is 2.02. The van der Waals surface area contributed by atoms with E-state index in [0.29, 0.717) is 19.6 Å². The molecule has 0 radical (unpaired) electrons. The van der Waals surface area contributed by atoms with Crippen molar-refractivity contribution in [2.24, 2.45) is 0 Å². The van der Waals surface area contributed by atoms with Gasteiger partial charge in [0.2, 0.25) is 0 Å². The molecule has 1 fully saturated rings. The highest BCUT2D eigenvalue weighted by Crippen LogP contribution is 2.43. The lowest BCUT2D eigenvalue weighted by Crippen LogP contribution is -2.17. The van der Waals surface area contributed by atoms with Crippen molar-refractivity contribution in [3.63, 3.8) is 0 Å². The van der Waals surface area contributed by atoms with Crippen LogP contribution in [0, 0.1) is 0 Å². The topological polar surface area (TPSA) is 27.7 Å². The molecule has 0 bridgehead atoms. The van der Waals surface area contributed by atoms with Gasteiger partial charge in [-0.2, -0.15) is 13.2 Å². The van der Waals surface area contributed by atoms with E-state index in [1.807, 2.05) is 0 Å². The van der Waals surface area contributed by atoms with Gasteiger partial charge in [-0.1, -0.05) is 0 Å². The Bertz CT molecular complexity index is 134. The molecule has 1 rings (SSSR count). The fourth-order valence-corrected chi connectivity index (χ4v) is 1.61. The first-order chi connectivity index (χ1) is 5.58. The van der Waals surface area contributed by atoms with E-state index < -0.39 is 21.4 Å². The molecule has 0 saturated carbocycles. The van der Waals surface area contributed by atoms with Gasteiger partial charge in [0.25, 0.3) is 0 Å². The van der Waals surface area contributed by atoms with E-state index in [2.05, 4.69) is 4.52 Å². The van der Waals surface area contributed by atoms with Crippen LogP contribution in [0.2, 0.25) is 0 Å². The van der Waals surface area contributed by atoms with Crippen molar-refractivity contribution in [2.75, 3.05) is 19.8 Å². The molecular weight excluding hydrogens is 196 g/mol. The zero-order valence-electron chi connectivity index (χ0n) is 6.13. The molecule has 0 atom stereocenters. The van der Waals surface area contributed by atoms with E-state index in [-0.39, 0.29) is 0 Å². The molecule has 0 spiro atoms. The first-order valence-corrected chi connectivity index (χ1v) is 4.43. The molecule has 1 saturated heterocycles. The van der Waals surface area contributed by atoms with Gasteiger partial charge in [-0.3, -0.25) is 0 Å². The SMILES string of the molecule is FC(F)(F)COP1OCCCO1. The van der Waals surface area contributed by atoms with Gasteiger partial charge in [-0.15, -0.1) is 0 Å². The number of halogens is 3. The summed E-state index contributed by atoms with van der Waals surface area (Å²) in [5.41, 5.74) is 0. The smallest absolute Gasteiger partial charge is 0.312 e. The van der Waals surface area contributed by atoms with Crippen LogP contribution in [0.25, 0.3) is 0 Å². The molecule has 7 heteroatoms. The molecule has 0 aliphatic carbocycles. The Kier molecular flexibility index (Phi) is 3.71. The summed E-state index contributed by atoms with van der Waals surface area (Å²) >= 11 is 0. The van der Waals surface area contributed by atoms with Crippen LogP contribution >= 0.6 is 8.60 Å². The van der Waals surface area contributed by atoms with Crippen molar-refractivity contribution in [1.29, 1.82) is 0 Å². The second kappa shape index (κ2) is 4.37. The highest BCUT2D eigenvalue weighted by molar-refractivity contribution is 7.41. The van der Waals surface area contributed by atoms with Gasteiger partial charge in [0.1, 0.15) is 0 Å². The van der Waals surface area contributed by atoms with Crippen molar-refractivity contribution >= 4 is 8.60 Å². The summed E-state index contributed by atoms with van der Waals surface area (Å²) in [6.45, 7) is -0.494. The van der Waals surface area contributed by atoms with Gasteiger partial charge < -0.3 is 13.6 Å². The molecule has 0 aromatic carbocycles. The highest BCUT2D eigenvalue weighted by Gasteiger charge is 2.31. The summed E-state index contributed by atoms with van der Waals surface area (Å²) in [5.74, 6) is 0. The lowest BCUT2D eigenvalue weighted by Gasteiger charge is -2.21. The van der Waals surface area contributed by atoms with Crippen LogP contribution in [-0.2, 0) is 13.6 Å². The summed E-state index contributed by atoms with van der Waals surface area (Å²) in [7, 11) is -1.76. The number of alkyl halides is 3. The largest absolute Gasteiger partial charge is 0.412 e. The van der Waals surface area contributed by atoms with Crippen LogP contribution in [0.15, 0.2) is 0 Å². The molecule has 3 nitrogen and oxygen atoms in total. The Labute approximate surface area is 68.8 Å². The maximum Gasteiger partial charge on any atom is 0.412 e. The van der Waals surface area contributed by atoms with Crippen LogP contribution in [0.3, 0.4) is 0 Å². The molecule has 1 heterocycles. The van der Waals surface area contributed by atoms with Crippen LogP contribution in [0.4, 0.5) is 13.2 Å². The van der Waals surface area contributed by atoms with Gasteiger partial charge in [0.15, 0.2) is 6.61 Å². The van der Waals surface area contributed by atoms with Crippen molar-refractivity contribution < 1.29 is 26.7 Å². The number of rotatable bonds is 2. The zero-order valence-corrected chi connectivity index (χ0v) is 7.03. The lowest BCUT2D eigenvalue weighted by atomic mass is 10.5. The van der Waals surface area contributed by atoms with Crippen molar-refractivity contribution in [3.8, 4) is 0 Å². The first kappa shape index (κ1) is 10.2. The van der Waals surface area contributed by atoms with E-state index in [4.69, 9.17) is 9.05 Å². The van der Waals surface area contributed by atoms with E-state index >= 15 is 0 Å². The normalized spacial score (nSPS) is 21.2. The van der Waals surface area contributed by atoms with Gasteiger partial charge in [0.05, 0.1) is 13.2 Å². The second-order valence-electron chi connectivity index (χ2n) is 2.13. The third kappa shape index (κ3) is 4.21. The van der Waals surface area contributed by atoms with E-state index in [9.17, 15) is 13.2 Å². The van der Waals surface area contributed by atoms with Crippen molar-refractivity contribution in [1.82, 2.24) is 0 Å². The molecule has 0 N–H and O–H groups in total. The minimum absolute atomic E-state index is 0.406. The van der Waals surface area contributed by atoms with Crippen LogP contribution < -0.4 is 0 Å². The van der Waals surface area contributed by atoms with Gasteiger partial charge >= 0.3 is 14.8 Å². The van der Waals surface area contributed by atoms with E-state index in [0.717, 1.165) is 0 Å². The Morgan fingerprint density at radius 1 is 1.25 bits per heavy atom. The summed E-state index contributed by atoms with van der Waals surface area (Å²) in [6, 6.07) is 0. The third-order valence-corrected chi connectivity index (χ3v) is 2.14. The average molecular weight is 204 g/mol. The summed E-state index contributed by atoms with van der Waals surface area (Å²) in [5, 5.41) is 0. The quantitative estimate of drug-likeness (QED) is 0.645. The fraction of sp³-hybridized carbons (Fsp3) is 1.00. The Hall–Kier alpha value is 0.100. The van der Waals surface area contributed by atoms with Gasteiger partial charge in [0, 0.05) is 0 Å². The van der Waals surface area contributed by atoms with Gasteiger partial charge in [-0.05, 0) is 6.42 Å². The van der Waals surface area contributed by atoms with Crippen LogP contribution in [0.5, 0.6) is 0 Å². The van der Waals surface area contributed by atoms with E-state index in [1.54, 1.807) is 0 Å². The van der Waals surface area contributed by atoms with Crippen molar-refractivity contribution in [2.45, 2.75) is 12.6 Å². The molecule has 12 heavy (non-hydrogen) atoms. The number of hydrogen-bond acceptors (Lipinski definition) is 3.